The van der Waals surface area contributed by atoms with Crippen molar-refractivity contribution in [3.05, 3.63) is 26.7 Å². The zero-order valence-electron chi connectivity index (χ0n) is 11.0. The molecule has 1 amide bonds. The van der Waals surface area contributed by atoms with E-state index < -0.39 is 0 Å². The second-order valence-electron chi connectivity index (χ2n) is 5.15. The van der Waals surface area contributed by atoms with E-state index in [1.807, 2.05) is 18.7 Å². The fraction of sp³-hybridized carbons (Fsp3) is 0.571. The molecule has 3 nitrogen and oxygen atoms in total. The van der Waals surface area contributed by atoms with Crippen molar-refractivity contribution >= 4 is 17.2 Å². The summed E-state index contributed by atoms with van der Waals surface area (Å²) in [5, 5.41) is 0.980. The number of allylic oxidation sites excluding steroid dienone is 1. The van der Waals surface area contributed by atoms with Crippen LogP contribution in [0.1, 0.15) is 46.1 Å². The summed E-state index contributed by atoms with van der Waals surface area (Å²) in [7, 11) is 0. The quantitative estimate of drug-likeness (QED) is 0.729. The highest BCUT2D eigenvalue weighted by Crippen LogP contribution is 2.36. The van der Waals surface area contributed by atoms with E-state index in [9.17, 15) is 4.79 Å². The van der Waals surface area contributed by atoms with Gasteiger partial charge in [-0.25, -0.2) is 4.98 Å². The molecule has 0 N–H and O–H groups in total. The number of nitrogens with zero attached hydrogens (tertiary/aromatic N) is 2. The second kappa shape index (κ2) is 4.50. The lowest BCUT2D eigenvalue weighted by atomic mass is 10.0. The summed E-state index contributed by atoms with van der Waals surface area (Å²) in [6.45, 7) is 5.65. The minimum atomic E-state index is 0.179. The van der Waals surface area contributed by atoms with Crippen molar-refractivity contribution in [3.63, 3.8) is 0 Å². The van der Waals surface area contributed by atoms with Gasteiger partial charge in [0, 0.05) is 13.1 Å². The average molecular weight is 262 g/mol. The molecular weight excluding hydrogens is 244 g/mol. The molecule has 1 aliphatic heterocycles. The zero-order valence-corrected chi connectivity index (χ0v) is 11.8. The van der Waals surface area contributed by atoms with Gasteiger partial charge in [0.05, 0.1) is 10.7 Å². The Kier molecular flexibility index (Phi) is 2.98. The third-order valence-electron chi connectivity index (χ3n) is 3.75. The Morgan fingerprint density at radius 3 is 2.22 bits per heavy atom. The third-order valence-corrected chi connectivity index (χ3v) is 4.81. The number of amides is 1. The number of aryl methyl sites for hydroxylation is 2. The SMILES string of the molecule is Cc1nc(C)c(C(=O)N2CCC(=C3CC3)CC2)s1. The van der Waals surface area contributed by atoms with Crippen LogP contribution >= 0.6 is 11.3 Å². The molecule has 96 valence electrons. The van der Waals surface area contributed by atoms with Crippen LogP contribution in [0.2, 0.25) is 0 Å². The lowest BCUT2D eigenvalue weighted by Gasteiger charge is -2.28. The third kappa shape index (κ3) is 2.21. The van der Waals surface area contributed by atoms with E-state index in [4.69, 9.17) is 0 Å². The first-order valence-electron chi connectivity index (χ1n) is 6.58. The van der Waals surface area contributed by atoms with Crippen LogP contribution < -0.4 is 0 Å². The van der Waals surface area contributed by atoms with Crippen LogP contribution in [0.15, 0.2) is 11.1 Å². The van der Waals surface area contributed by atoms with Crippen molar-refractivity contribution in [2.75, 3.05) is 13.1 Å². The summed E-state index contributed by atoms with van der Waals surface area (Å²) in [6.07, 6.45) is 4.77. The van der Waals surface area contributed by atoms with E-state index in [0.717, 1.165) is 41.5 Å². The van der Waals surface area contributed by atoms with Crippen molar-refractivity contribution in [1.82, 2.24) is 9.88 Å². The molecule has 1 aliphatic carbocycles. The first-order valence-corrected chi connectivity index (χ1v) is 7.40. The summed E-state index contributed by atoms with van der Waals surface area (Å²) in [6, 6.07) is 0. The highest BCUT2D eigenvalue weighted by molar-refractivity contribution is 7.13. The molecule has 0 bridgehead atoms. The van der Waals surface area contributed by atoms with Crippen molar-refractivity contribution in [3.8, 4) is 0 Å². The zero-order chi connectivity index (χ0) is 12.7. The van der Waals surface area contributed by atoms with E-state index in [1.54, 1.807) is 11.1 Å². The highest BCUT2D eigenvalue weighted by Gasteiger charge is 2.26. The average Bonchev–Trinajstić information content (AvgIpc) is 3.15. The number of thiazole rings is 1. The van der Waals surface area contributed by atoms with Gasteiger partial charge in [-0.3, -0.25) is 4.79 Å². The van der Waals surface area contributed by atoms with Gasteiger partial charge in [0.25, 0.3) is 5.91 Å². The predicted octanol–water partition coefficient (Wildman–Crippen LogP) is 3.09. The van der Waals surface area contributed by atoms with Gasteiger partial charge in [-0.15, -0.1) is 11.3 Å². The molecule has 1 saturated carbocycles. The number of hydrogen-bond donors (Lipinski definition) is 0. The van der Waals surface area contributed by atoms with Crippen molar-refractivity contribution < 1.29 is 4.79 Å². The number of carbonyl (C=O) groups excluding carboxylic acids is 1. The lowest BCUT2D eigenvalue weighted by Crippen LogP contribution is -2.36. The van der Waals surface area contributed by atoms with Crippen LogP contribution in [0.3, 0.4) is 0 Å². The molecule has 1 aromatic rings. The molecule has 2 heterocycles. The monoisotopic (exact) mass is 262 g/mol. The van der Waals surface area contributed by atoms with E-state index in [-0.39, 0.29) is 5.91 Å². The van der Waals surface area contributed by atoms with Crippen LogP contribution in [-0.4, -0.2) is 28.9 Å². The van der Waals surface area contributed by atoms with Crippen molar-refractivity contribution in [1.29, 1.82) is 0 Å². The normalized spacial score (nSPS) is 19.3. The second-order valence-corrected chi connectivity index (χ2v) is 6.35. The highest BCUT2D eigenvalue weighted by atomic mass is 32.1. The number of piperidine rings is 1. The maximum absolute atomic E-state index is 12.4. The number of hydrogen-bond acceptors (Lipinski definition) is 3. The maximum atomic E-state index is 12.4. The largest absolute Gasteiger partial charge is 0.337 e. The Balaban J connectivity index is 1.71. The molecule has 0 atom stereocenters. The first-order chi connectivity index (χ1) is 8.65. The van der Waals surface area contributed by atoms with E-state index >= 15 is 0 Å². The Hall–Kier alpha value is -1.16. The summed E-state index contributed by atoms with van der Waals surface area (Å²) < 4.78 is 0. The summed E-state index contributed by atoms with van der Waals surface area (Å²) in [5.41, 5.74) is 4.16. The molecule has 0 radical (unpaired) electrons. The van der Waals surface area contributed by atoms with Crippen molar-refractivity contribution in [2.45, 2.75) is 39.5 Å². The molecule has 0 spiro atoms. The minimum absolute atomic E-state index is 0.179. The van der Waals surface area contributed by atoms with Crippen LogP contribution in [-0.2, 0) is 0 Å². The molecule has 2 fully saturated rings. The van der Waals surface area contributed by atoms with E-state index in [0.29, 0.717) is 0 Å². The standard InChI is InChI=1S/C14H18N2OS/c1-9-13(18-10(2)15-9)14(17)16-7-5-12(6-8-16)11-3-4-11/h3-8H2,1-2H3. The van der Waals surface area contributed by atoms with Gasteiger partial charge in [-0.05, 0) is 39.5 Å². The summed E-state index contributed by atoms with van der Waals surface area (Å²) in [4.78, 5) is 19.6. The Bertz CT molecular complexity index is 514. The van der Waals surface area contributed by atoms with Crippen molar-refractivity contribution in [2.24, 2.45) is 0 Å². The molecule has 1 saturated heterocycles. The Morgan fingerprint density at radius 2 is 1.72 bits per heavy atom. The van der Waals surface area contributed by atoms with E-state index in [1.165, 1.54) is 24.2 Å². The molecule has 4 heteroatoms. The maximum Gasteiger partial charge on any atom is 0.265 e. The molecule has 2 aliphatic rings. The van der Waals surface area contributed by atoms with Gasteiger partial charge < -0.3 is 4.90 Å². The number of aromatic nitrogens is 1. The Labute approximate surface area is 112 Å². The van der Waals surface area contributed by atoms with Crippen LogP contribution in [0.5, 0.6) is 0 Å². The molecule has 0 aromatic carbocycles. The Morgan fingerprint density at radius 1 is 1.11 bits per heavy atom. The van der Waals surface area contributed by atoms with Gasteiger partial charge in [0.1, 0.15) is 4.88 Å². The summed E-state index contributed by atoms with van der Waals surface area (Å²) >= 11 is 1.52. The predicted molar refractivity (Wildman–Crippen MR) is 73.0 cm³/mol. The number of rotatable bonds is 1. The molecular formula is C14H18N2OS. The van der Waals surface area contributed by atoms with Gasteiger partial charge in [-0.2, -0.15) is 0 Å². The van der Waals surface area contributed by atoms with Crippen LogP contribution in [0.25, 0.3) is 0 Å². The molecule has 1 aromatic heterocycles. The molecule has 18 heavy (non-hydrogen) atoms. The lowest BCUT2D eigenvalue weighted by molar-refractivity contribution is 0.0747. The van der Waals surface area contributed by atoms with Gasteiger partial charge in [-0.1, -0.05) is 11.1 Å². The van der Waals surface area contributed by atoms with Gasteiger partial charge >= 0.3 is 0 Å². The summed E-state index contributed by atoms with van der Waals surface area (Å²) in [5.74, 6) is 0.179. The topological polar surface area (TPSA) is 33.2 Å². The van der Waals surface area contributed by atoms with Crippen LogP contribution in [0, 0.1) is 13.8 Å². The molecule has 0 unspecified atom stereocenters. The molecule has 3 rings (SSSR count). The van der Waals surface area contributed by atoms with E-state index in [2.05, 4.69) is 4.98 Å². The fourth-order valence-electron chi connectivity index (χ4n) is 2.62. The number of likely N-dealkylation sites (tertiary alicyclic amines) is 1. The minimum Gasteiger partial charge on any atom is -0.337 e. The smallest absolute Gasteiger partial charge is 0.265 e. The van der Waals surface area contributed by atoms with Crippen LogP contribution in [0.4, 0.5) is 0 Å². The number of carbonyl (C=O) groups is 1. The fourth-order valence-corrected chi connectivity index (χ4v) is 3.51. The first kappa shape index (κ1) is 11.9. The van der Waals surface area contributed by atoms with Gasteiger partial charge in [0.2, 0.25) is 0 Å². The van der Waals surface area contributed by atoms with Gasteiger partial charge in [0.15, 0.2) is 0 Å².